The van der Waals surface area contributed by atoms with Crippen molar-refractivity contribution in [3.05, 3.63) is 29.8 Å². The molecule has 1 unspecified atom stereocenters. The molecule has 116 valence electrons. The van der Waals surface area contributed by atoms with Gasteiger partial charge in [-0.15, -0.1) is 0 Å². The number of benzene rings is 1. The summed E-state index contributed by atoms with van der Waals surface area (Å²) in [6.45, 7) is 7.55. The first kappa shape index (κ1) is 15.8. The summed E-state index contributed by atoms with van der Waals surface area (Å²) in [5, 5.41) is 3.13. The molecule has 0 aromatic heterocycles. The van der Waals surface area contributed by atoms with Gasteiger partial charge in [-0.3, -0.25) is 4.99 Å². The van der Waals surface area contributed by atoms with Crippen LogP contribution in [0.1, 0.15) is 38.2 Å². The second-order valence-corrected chi connectivity index (χ2v) is 5.99. The molecule has 0 saturated carbocycles. The Hall–Kier alpha value is -1.55. The van der Waals surface area contributed by atoms with Gasteiger partial charge in [0.15, 0.2) is 5.96 Å². The standard InChI is InChI=1S/C17H28N4/c1-14-7-9-16(10-8-14)20-17(18)19-11-5-13-21-12-4-3-6-15(21)2/h7-10,15H,3-6,11-13H2,1-2H3,(H3,18,19,20). The summed E-state index contributed by atoms with van der Waals surface area (Å²) >= 11 is 0. The van der Waals surface area contributed by atoms with Gasteiger partial charge in [0.25, 0.3) is 0 Å². The minimum absolute atomic E-state index is 0.505. The van der Waals surface area contributed by atoms with Gasteiger partial charge >= 0.3 is 0 Å². The molecule has 4 nitrogen and oxygen atoms in total. The van der Waals surface area contributed by atoms with Crippen molar-refractivity contribution >= 4 is 11.6 Å². The number of aliphatic imine (C=N–C) groups is 1. The van der Waals surface area contributed by atoms with Crippen LogP contribution in [0.5, 0.6) is 0 Å². The summed E-state index contributed by atoms with van der Waals surface area (Å²) in [6, 6.07) is 8.90. The number of likely N-dealkylation sites (tertiary alicyclic amines) is 1. The lowest BCUT2D eigenvalue weighted by Crippen LogP contribution is -2.38. The van der Waals surface area contributed by atoms with E-state index in [4.69, 9.17) is 5.73 Å². The van der Waals surface area contributed by atoms with Crippen LogP contribution in [0.4, 0.5) is 5.69 Å². The lowest BCUT2D eigenvalue weighted by atomic mass is 10.0. The summed E-state index contributed by atoms with van der Waals surface area (Å²) in [5.41, 5.74) is 8.15. The Kier molecular flexibility index (Phi) is 6.05. The topological polar surface area (TPSA) is 53.6 Å². The largest absolute Gasteiger partial charge is 0.370 e. The molecule has 1 saturated heterocycles. The molecule has 0 amide bonds. The third-order valence-corrected chi connectivity index (χ3v) is 4.15. The van der Waals surface area contributed by atoms with Gasteiger partial charge in [0.1, 0.15) is 0 Å². The van der Waals surface area contributed by atoms with Gasteiger partial charge < -0.3 is 16.0 Å². The molecule has 1 aromatic rings. The third kappa shape index (κ3) is 5.38. The summed E-state index contributed by atoms with van der Waals surface area (Å²) in [6.07, 6.45) is 5.12. The zero-order chi connectivity index (χ0) is 15.1. The monoisotopic (exact) mass is 288 g/mol. The maximum Gasteiger partial charge on any atom is 0.193 e. The van der Waals surface area contributed by atoms with Crippen LogP contribution in [0.25, 0.3) is 0 Å². The highest BCUT2D eigenvalue weighted by Crippen LogP contribution is 2.16. The number of anilines is 1. The van der Waals surface area contributed by atoms with Gasteiger partial charge in [0.05, 0.1) is 0 Å². The fourth-order valence-electron chi connectivity index (χ4n) is 2.79. The number of hydrogen-bond acceptors (Lipinski definition) is 2. The number of guanidine groups is 1. The Labute approximate surface area is 128 Å². The van der Waals surface area contributed by atoms with E-state index in [9.17, 15) is 0 Å². The molecule has 2 rings (SSSR count). The van der Waals surface area contributed by atoms with Crippen LogP contribution in [0.3, 0.4) is 0 Å². The van der Waals surface area contributed by atoms with Gasteiger partial charge in [0.2, 0.25) is 0 Å². The van der Waals surface area contributed by atoms with E-state index in [2.05, 4.69) is 41.2 Å². The molecule has 21 heavy (non-hydrogen) atoms. The van der Waals surface area contributed by atoms with Crippen LogP contribution in [-0.2, 0) is 0 Å². The van der Waals surface area contributed by atoms with E-state index < -0.39 is 0 Å². The van der Waals surface area contributed by atoms with Crippen LogP contribution in [0, 0.1) is 6.92 Å². The van der Waals surface area contributed by atoms with Crippen molar-refractivity contribution in [2.75, 3.05) is 25.0 Å². The van der Waals surface area contributed by atoms with Crippen molar-refractivity contribution in [2.45, 2.75) is 45.6 Å². The molecule has 1 heterocycles. The van der Waals surface area contributed by atoms with E-state index in [1.54, 1.807) is 0 Å². The van der Waals surface area contributed by atoms with E-state index in [0.717, 1.165) is 31.2 Å². The Morgan fingerprint density at radius 2 is 2.10 bits per heavy atom. The maximum absolute atomic E-state index is 5.92. The number of rotatable bonds is 5. The number of nitrogens with two attached hydrogens (primary N) is 1. The number of aryl methyl sites for hydroxylation is 1. The predicted molar refractivity (Wildman–Crippen MR) is 90.8 cm³/mol. The second kappa shape index (κ2) is 8.03. The summed E-state index contributed by atoms with van der Waals surface area (Å²) in [4.78, 5) is 6.98. The Bertz CT molecular complexity index is 452. The van der Waals surface area contributed by atoms with Crippen LogP contribution >= 0.6 is 0 Å². The third-order valence-electron chi connectivity index (χ3n) is 4.15. The van der Waals surface area contributed by atoms with Gasteiger partial charge in [-0.1, -0.05) is 24.1 Å². The number of nitrogens with zero attached hydrogens (tertiary/aromatic N) is 2. The van der Waals surface area contributed by atoms with Gasteiger partial charge in [-0.05, 0) is 51.8 Å². The van der Waals surface area contributed by atoms with E-state index in [1.165, 1.54) is 31.4 Å². The first-order valence-corrected chi connectivity index (χ1v) is 8.03. The zero-order valence-electron chi connectivity index (χ0n) is 13.3. The van der Waals surface area contributed by atoms with Crippen molar-refractivity contribution in [3.8, 4) is 0 Å². The Morgan fingerprint density at radius 1 is 1.33 bits per heavy atom. The summed E-state index contributed by atoms with van der Waals surface area (Å²) in [7, 11) is 0. The highest BCUT2D eigenvalue weighted by Gasteiger charge is 2.16. The minimum atomic E-state index is 0.505. The molecule has 1 fully saturated rings. The first-order chi connectivity index (χ1) is 10.1. The van der Waals surface area contributed by atoms with Crippen LogP contribution in [0.2, 0.25) is 0 Å². The van der Waals surface area contributed by atoms with Crippen molar-refractivity contribution < 1.29 is 0 Å². The fraction of sp³-hybridized carbons (Fsp3) is 0.588. The SMILES string of the molecule is Cc1ccc(NC(N)=NCCCN2CCCCC2C)cc1. The Morgan fingerprint density at radius 3 is 2.81 bits per heavy atom. The minimum Gasteiger partial charge on any atom is -0.370 e. The molecule has 1 atom stereocenters. The average molecular weight is 288 g/mol. The molecule has 0 bridgehead atoms. The fourth-order valence-corrected chi connectivity index (χ4v) is 2.79. The maximum atomic E-state index is 5.92. The van der Waals surface area contributed by atoms with Crippen molar-refractivity contribution in [1.82, 2.24) is 4.90 Å². The van der Waals surface area contributed by atoms with Crippen LogP contribution in [-0.4, -0.2) is 36.5 Å². The molecule has 0 spiro atoms. The predicted octanol–water partition coefficient (Wildman–Crippen LogP) is 2.99. The lowest BCUT2D eigenvalue weighted by molar-refractivity contribution is 0.160. The van der Waals surface area contributed by atoms with Crippen molar-refractivity contribution in [3.63, 3.8) is 0 Å². The molecular weight excluding hydrogens is 260 g/mol. The highest BCUT2D eigenvalue weighted by atomic mass is 15.2. The second-order valence-electron chi connectivity index (χ2n) is 5.99. The van der Waals surface area contributed by atoms with E-state index in [1.807, 2.05) is 12.1 Å². The lowest BCUT2D eigenvalue weighted by Gasteiger charge is -2.33. The van der Waals surface area contributed by atoms with Crippen molar-refractivity contribution in [1.29, 1.82) is 0 Å². The van der Waals surface area contributed by atoms with Crippen LogP contribution in [0.15, 0.2) is 29.3 Å². The molecule has 1 aliphatic heterocycles. The number of piperidine rings is 1. The molecule has 0 radical (unpaired) electrons. The normalized spacial score (nSPS) is 20.5. The van der Waals surface area contributed by atoms with Crippen LogP contribution < -0.4 is 11.1 Å². The van der Waals surface area contributed by atoms with Gasteiger partial charge in [0, 0.05) is 24.8 Å². The number of hydrogen-bond donors (Lipinski definition) is 2. The molecule has 4 heteroatoms. The molecular formula is C17H28N4. The van der Waals surface area contributed by atoms with E-state index in [-0.39, 0.29) is 0 Å². The summed E-state index contributed by atoms with van der Waals surface area (Å²) < 4.78 is 0. The molecule has 1 aromatic carbocycles. The van der Waals surface area contributed by atoms with Crippen molar-refractivity contribution in [2.24, 2.45) is 10.7 Å². The quantitative estimate of drug-likeness (QED) is 0.497. The molecule has 1 aliphatic rings. The smallest absolute Gasteiger partial charge is 0.193 e. The number of nitrogens with one attached hydrogen (secondary N) is 1. The molecule has 3 N–H and O–H groups in total. The zero-order valence-corrected chi connectivity index (χ0v) is 13.3. The van der Waals surface area contributed by atoms with Gasteiger partial charge in [-0.25, -0.2) is 0 Å². The molecule has 0 aliphatic carbocycles. The Balaban J connectivity index is 1.69. The summed E-state index contributed by atoms with van der Waals surface area (Å²) in [5.74, 6) is 0.505. The van der Waals surface area contributed by atoms with E-state index >= 15 is 0 Å². The first-order valence-electron chi connectivity index (χ1n) is 8.03. The van der Waals surface area contributed by atoms with E-state index in [0.29, 0.717) is 5.96 Å². The van der Waals surface area contributed by atoms with Gasteiger partial charge in [-0.2, -0.15) is 0 Å². The highest BCUT2D eigenvalue weighted by molar-refractivity contribution is 5.92. The average Bonchev–Trinajstić information content (AvgIpc) is 2.48.